The summed E-state index contributed by atoms with van der Waals surface area (Å²) in [4.78, 5) is 6.02. The number of piperidine rings is 1. The lowest BCUT2D eigenvalue weighted by atomic mass is 9.89. The summed E-state index contributed by atoms with van der Waals surface area (Å²) < 4.78 is 2.14. The Morgan fingerprint density at radius 3 is 2.81 bits per heavy atom. The van der Waals surface area contributed by atoms with E-state index in [2.05, 4.69) is 50.4 Å². The molecular weight excluding hydrogens is 356 g/mol. The zero-order valence-electron chi connectivity index (χ0n) is 15.7. The van der Waals surface area contributed by atoms with E-state index < -0.39 is 0 Å². The average molecular weight is 383 g/mol. The molecule has 1 aromatic carbocycles. The Morgan fingerprint density at radius 1 is 1.15 bits per heavy atom. The first-order valence-corrected chi connectivity index (χ1v) is 10.6. The number of halogens is 1. The highest BCUT2D eigenvalue weighted by Crippen LogP contribution is 2.34. The molecule has 1 saturated carbocycles. The van der Waals surface area contributed by atoms with Crippen molar-refractivity contribution in [3.05, 3.63) is 52.9 Å². The number of H-pyrrole nitrogens is 1. The second-order valence-electron chi connectivity index (χ2n) is 8.31. The SMILES string of the molecule is Clc1ccc2[nH]cc(C3CCN(CCc4cnn(CC5CC5)c4)CC3)c2c1. The molecule has 27 heavy (non-hydrogen) atoms. The summed E-state index contributed by atoms with van der Waals surface area (Å²) in [6.45, 7) is 4.60. The Balaban J connectivity index is 1.15. The predicted octanol–water partition coefficient (Wildman–Crippen LogP) is 4.85. The van der Waals surface area contributed by atoms with E-state index in [0.717, 1.165) is 30.5 Å². The van der Waals surface area contributed by atoms with Gasteiger partial charge in [0.15, 0.2) is 0 Å². The lowest BCUT2D eigenvalue weighted by molar-refractivity contribution is 0.215. The average Bonchev–Trinajstić information content (AvgIpc) is 3.22. The quantitative estimate of drug-likeness (QED) is 0.661. The highest BCUT2D eigenvalue weighted by Gasteiger charge is 2.23. The topological polar surface area (TPSA) is 36.9 Å². The van der Waals surface area contributed by atoms with E-state index in [1.54, 1.807) is 0 Å². The van der Waals surface area contributed by atoms with Crippen LogP contribution in [0.4, 0.5) is 0 Å². The standard InChI is InChI=1S/C22H27ClN4/c23-19-3-4-22-20(11-19)21(13-24-22)18-6-9-26(10-7-18)8-5-17-12-25-27(15-17)14-16-1-2-16/h3-4,11-13,15-16,18,24H,1-2,5-10,14H2. The maximum absolute atomic E-state index is 6.21. The zero-order chi connectivity index (χ0) is 18.2. The lowest BCUT2D eigenvalue weighted by Crippen LogP contribution is -2.34. The Morgan fingerprint density at radius 2 is 2.00 bits per heavy atom. The van der Waals surface area contributed by atoms with Gasteiger partial charge in [0.2, 0.25) is 0 Å². The van der Waals surface area contributed by atoms with E-state index in [1.165, 1.54) is 60.8 Å². The van der Waals surface area contributed by atoms with Crippen molar-refractivity contribution in [1.29, 1.82) is 0 Å². The normalized spacial score (nSPS) is 19.1. The van der Waals surface area contributed by atoms with Gasteiger partial charge < -0.3 is 9.88 Å². The van der Waals surface area contributed by atoms with Gasteiger partial charge in [0.05, 0.1) is 6.20 Å². The Hall–Kier alpha value is -1.78. The van der Waals surface area contributed by atoms with Crippen molar-refractivity contribution in [1.82, 2.24) is 19.7 Å². The molecule has 0 atom stereocenters. The van der Waals surface area contributed by atoms with Gasteiger partial charge in [-0.05, 0) is 86.4 Å². The third-order valence-electron chi connectivity index (χ3n) is 6.25. The molecular formula is C22H27ClN4. The van der Waals surface area contributed by atoms with Crippen LogP contribution in [0.5, 0.6) is 0 Å². The minimum atomic E-state index is 0.634. The summed E-state index contributed by atoms with van der Waals surface area (Å²) in [5.74, 6) is 1.52. The Bertz CT molecular complexity index is 915. The number of nitrogens with zero attached hydrogens (tertiary/aromatic N) is 3. The van der Waals surface area contributed by atoms with Gasteiger partial charge >= 0.3 is 0 Å². The molecule has 4 nitrogen and oxygen atoms in total. The molecule has 5 heteroatoms. The summed E-state index contributed by atoms with van der Waals surface area (Å²) in [6, 6.07) is 6.15. The van der Waals surface area contributed by atoms with Crippen LogP contribution in [-0.2, 0) is 13.0 Å². The van der Waals surface area contributed by atoms with E-state index in [0.29, 0.717) is 5.92 Å². The predicted molar refractivity (Wildman–Crippen MR) is 110 cm³/mol. The number of fused-ring (bicyclic) bond motifs is 1. The van der Waals surface area contributed by atoms with E-state index in [9.17, 15) is 0 Å². The molecule has 142 valence electrons. The molecule has 5 rings (SSSR count). The zero-order valence-corrected chi connectivity index (χ0v) is 16.5. The molecule has 2 aromatic heterocycles. The third-order valence-corrected chi connectivity index (χ3v) is 6.48. The van der Waals surface area contributed by atoms with Crippen LogP contribution in [0.25, 0.3) is 10.9 Å². The molecule has 3 aromatic rings. The molecule has 0 amide bonds. The number of rotatable bonds is 6. The molecule has 0 radical (unpaired) electrons. The van der Waals surface area contributed by atoms with Crippen molar-refractivity contribution in [2.45, 2.75) is 44.6 Å². The van der Waals surface area contributed by atoms with Crippen molar-refractivity contribution in [3.63, 3.8) is 0 Å². The van der Waals surface area contributed by atoms with Crippen LogP contribution in [0.2, 0.25) is 5.02 Å². The molecule has 3 heterocycles. The van der Waals surface area contributed by atoms with Crippen LogP contribution >= 0.6 is 11.6 Å². The highest BCUT2D eigenvalue weighted by atomic mass is 35.5. The minimum Gasteiger partial charge on any atom is -0.361 e. The molecule has 1 N–H and O–H groups in total. The molecule has 1 saturated heterocycles. The van der Waals surface area contributed by atoms with Gasteiger partial charge in [-0.2, -0.15) is 5.10 Å². The van der Waals surface area contributed by atoms with Gasteiger partial charge in [0.25, 0.3) is 0 Å². The molecule has 0 unspecified atom stereocenters. The van der Waals surface area contributed by atoms with E-state index in [1.807, 2.05) is 6.07 Å². The van der Waals surface area contributed by atoms with Gasteiger partial charge in [0.1, 0.15) is 0 Å². The molecule has 2 aliphatic rings. The van der Waals surface area contributed by atoms with Crippen LogP contribution in [0.1, 0.15) is 42.7 Å². The monoisotopic (exact) mass is 382 g/mol. The summed E-state index contributed by atoms with van der Waals surface area (Å²) in [7, 11) is 0. The molecule has 0 bridgehead atoms. The first kappa shape index (κ1) is 17.3. The third kappa shape index (κ3) is 3.92. The van der Waals surface area contributed by atoms with E-state index in [-0.39, 0.29) is 0 Å². The van der Waals surface area contributed by atoms with E-state index >= 15 is 0 Å². The van der Waals surface area contributed by atoms with Crippen molar-refractivity contribution < 1.29 is 0 Å². The van der Waals surface area contributed by atoms with Crippen LogP contribution < -0.4 is 0 Å². The Labute approximate surface area is 165 Å². The molecule has 0 spiro atoms. The van der Waals surface area contributed by atoms with Gasteiger partial charge in [-0.3, -0.25) is 4.68 Å². The van der Waals surface area contributed by atoms with Gasteiger partial charge in [-0.1, -0.05) is 11.6 Å². The summed E-state index contributed by atoms with van der Waals surface area (Å²) >= 11 is 6.21. The lowest BCUT2D eigenvalue weighted by Gasteiger charge is -2.31. The number of benzene rings is 1. The first-order chi connectivity index (χ1) is 13.2. The van der Waals surface area contributed by atoms with Crippen molar-refractivity contribution in [2.75, 3.05) is 19.6 Å². The van der Waals surface area contributed by atoms with Gasteiger partial charge in [-0.15, -0.1) is 0 Å². The first-order valence-electron chi connectivity index (χ1n) is 10.2. The maximum Gasteiger partial charge on any atom is 0.0522 e. The number of hydrogen-bond donors (Lipinski definition) is 1. The smallest absolute Gasteiger partial charge is 0.0522 e. The number of nitrogens with one attached hydrogen (secondary N) is 1. The van der Waals surface area contributed by atoms with Crippen molar-refractivity contribution >= 4 is 22.5 Å². The fraction of sp³-hybridized carbons (Fsp3) is 0.500. The second-order valence-corrected chi connectivity index (χ2v) is 8.75. The summed E-state index contributed by atoms with van der Waals surface area (Å²) in [5, 5.41) is 6.64. The van der Waals surface area contributed by atoms with Crippen molar-refractivity contribution in [3.8, 4) is 0 Å². The highest BCUT2D eigenvalue weighted by molar-refractivity contribution is 6.31. The molecule has 2 fully saturated rings. The summed E-state index contributed by atoms with van der Waals surface area (Å²) in [6.07, 6.45) is 12.8. The van der Waals surface area contributed by atoms with Crippen LogP contribution in [-0.4, -0.2) is 39.3 Å². The number of hydrogen-bond acceptors (Lipinski definition) is 2. The van der Waals surface area contributed by atoms with Crippen molar-refractivity contribution in [2.24, 2.45) is 5.92 Å². The minimum absolute atomic E-state index is 0.634. The molecule has 1 aliphatic heterocycles. The Kier molecular flexibility index (Phi) is 4.70. The number of likely N-dealkylation sites (tertiary alicyclic amines) is 1. The largest absolute Gasteiger partial charge is 0.361 e. The maximum atomic E-state index is 6.21. The van der Waals surface area contributed by atoms with E-state index in [4.69, 9.17) is 11.6 Å². The van der Waals surface area contributed by atoms with Crippen LogP contribution in [0, 0.1) is 5.92 Å². The van der Waals surface area contributed by atoms with Gasteiger partial charge in [0, 0.05) is 41.4 Å². The van der Waals surface area contributed by atoms with Gasteiger partial charge in [-0.25, -0.2) is 0 Å². The van der Waals surface area contributed by atoms with Crippen LogP contribution in [0.3, 0.4) is 0 Å². The summed E-state index contributed by atoms with van der Waals surface area (Å²) in [5.41, 5.74) is 4.01. The van der Waals surface area contributed by atoms with Crippen LogP contribution in [0.15, 0.2) is 36.8 Å². The fourth-order valence-electron chi connectivity index (χ4n) is 4.41. The number of aromatic nitrogens is 3. The fourth-order valence-corrected chi connectivity index (χ4v) is 4.58. The second kappa shape index (κ2) is 7.33. The number of aromatic amines is 1. The molecule has 1 aliphatic carbocycles.